The Morgan fingerprint density at radius 2 is 1.90 bits per heavy atom. The molecule has 0 saturated carbocycles. The van der Waals surface area contributed by atoms with Crippen molar-refractivity contribution in [3.05, 3.63) is 58.9 Å². The number of likely N-dealkylation sites (tertiary alicyclic amines) is 1. The lowest BCUT2D eigenvalue weighted by Crippen LogP contribution is -2.39. The van der Waals surface area contributed by atoms with Gasteiger partial charge < -0.3 is 15.0 Å². The molecule has 0 spiro atoms. The van der Waals surface area contributed by atoms with E-state index in [2.05, 4.69) is 15.7 Å². The van der Waals surface area contributed by atoms with Crippen LogP contribution in [-0.4, -0.2) is 46.8 Å². The van der Waals surface area contributed by atoms with Gasteiger partial charge >= 0.3 is 6.03 Å². The predicted octanol–water partition coefficient (Wildman–Crippen LogP) is 4.07. The Bertz CT molecular complexity index is 1010. The van der Waals surface area contributed by atoms with E-state index in [9.17, 15) is 9.59 Å². The monoisotopic (exact) mass is 425 g/mol. The molecule has 0 radical (unpaired) electrons. The van der Waals surface area contributed by atoms with E-state index in [0.717, 1.165) is 17.7 Å². The first kappa shape index (κ1) is 20.0. The summed E-state index contributed by atoms with van der Waals surface area (Å²) < 4.78 is 7.09. The number of nitrogens with one attached hydrogen (secondary N) is 2. The van der Waals surface area contributed by atoms with Gasteiger partial charge in [0.05, 0.1) is 29.9 Å². The van der Waals surface area contributed by atoms with Crippen LogP contribution in [0.5, 0.6) is 5.75 Å². The zero-order valence-corrected chi connectivity index (χ0v) is 17.4. The van der Waals surface area contributed by atoms with Crippen molar-refractivity contribution in [3.8, 4) is 5.75 Å². The highest BCUT2D eigenvalue weighted by molar-refractivity contribution is 7.12. The lowest BCUT2D eigenvalue weighted by atomic mass is 10.1. The SMILES string of the molecule is COc1ccccc1NC(=O)Nc1ccnn1C1CCN(C(=O)c2cccs2)CC1. The maximum atomic E-state index is 12.5. The van der Waals surface area contributed by atoms with Crippen LogP contribution in [0.2, 0.25) is 0 Å². The molecule has 2 N–H and O–H groups in total. The summed E-state index contributed by atoms with van der Waals surface area (Å²) >= 11 is 1.46. The molecule has 1 fully saturated rings. The molecule has 156 valence electrons. The number of piperidine rings is 1. The second-order valence-electron chi connectivity index (χ2n) is 6.94. The predicted molar refractivity (Wildman–Crippen MR) is 116 cm³/mol. The highest BCUT2D eigenvalue weighted by Gasteiger charge is 2.26. The Morgan fingerprint density at radius 1 is 1.10 bits per heavy atom. The van der Waals surface area contributed by atoms with Crippen LogP contribution in [-0.2, 0) is 0 Å². The van der Waals surface area contributed by atoms with Crippen LogP contribution in [0.25, 0.3) is 0 Å². The summed E-state index contributed by atoms with van der Waals surface area (Å²) in [6.45, 7) is 1.32. The third kappa shape index (κ3) is 4.30. The molecule has 1 aliphatic rings. The second-order valence-corrected chi connectivity index (χ2v) is 7.89. The van der Waals surface area contributed by atoms with E-state index in [0.29, 0.717) is 30.3 Å². The number of rotatable bonds is 5. The highest BCUT2D eigenvalue weighted by atomic mass is 32.1. The summed E-state index contributed by atoms with van der Waals surface area (Å²) in [7, 11) is 1.56. The standard InChI is InChI=1S/C21H23N5O3S/c1-29-17-6-3-2-5-16(17)23-21(28)24-19-8-11-22-26(19)15-9-12-25(13-10-15)20(27)18-7-4-14-30-18/h2-8,11,14-15H,9-10,12-13H2,1H3,(H2,23,24,28). The van der Waals surface area contributed by atoms with Gasteiger partial charge in [-0.2, -0.15) is 5.10 Å². The zero-order valence-electron chi connectivity index (χ0n) is 16.6. The molecular formula is C21H23N5O3S. The lowest BCUT2D eigenvalue weighted by Gasteiger charge is -2.32. The van der Waals surface area contributed by atoms with Gasteiger partial charge in [-0.3, -0.25) is 10.1 Å². The number of aromatic nitrogens is 2. The van der Waals surface area contributed by atoms with Crippen molar-refractivity contribution in [1.29, 1.82) is 0 Å². The molecule has 1 saturated heterocycles. The Labute approximate surface area is 178 Å². The van der Waals surface area contributed by atoms with E-state index in [4.69, 9.17) is 4.74 Å². The van der Waals surface area contributed by atoms with Gasteiger partial charge in [0.25, 0.3) is 5.91 Å². The fraction of sp³-hybridized carbons (Fsp3) is 0.286. The number of para-hydroxylation sites is 2. The van der Waals surface area contributed by atoms with Crippen LogP contribution in [0.1, 0.15) is 28.6 Å². The molecule has 0 bridgehead atoms. The Hall–Kier alpha value is -3.33. The molecule has 0 unspecified atom stereocenters. The Balaban J connectivity index is 1.37. The maximum absolute atomic E-state index is 12.5. The smallest absolute Gasteiger partial charge is 0.324 e. The van der Waals surface area contributed by atoms with Crippen LogP contribution in [0, 0.1) is 0 Å². The fourth-order valence-corrected chi connectivity index (χ4v) is 4.28. The number of amides is 3. The Morgan fingerprint density at radius 3 is 2.63 bits per heavy atom. The normalized spacial score (nSPS) is 14.4. The van der Waals surface area contributed by atoms with Gasteiger partial charge in [-0.05, 0) is 36.4 Å². The van der Waals surface area contributed by atoms with Crippen molar-refractivity contribution in [2.24, 2.45) is 0 Å². The van der Waals surface area contributed by atoms with Gasteiger partial charge in [-0.1, -0.05) is 18.2 Å². The fourth-order valence-electron chi connectivity index (χ4n) is 3.59. The number of thiophene rings is 1. The molecule has 3 aromatic rings. The average molecular weight is 426 g/mol. The van der Waals surface area contributed by atoms with E-state index < -0.39 is 0 Å². The van der Waals surface area contributed by atoms with Crippen molar-refractivity contribution in [1.82, 2.24) is 14.7 Å². The molecule has 30 heavy (non-hydrogen) atoms. The molecule has 2 aromatic heterocycles. The topological polar surface area (TPSA) is 88.5 Å². The summed E-state index contributed by atoms with van der Waals surface area (Å²) in [6.07, 6.45) is 3.23. The quantitative estimate of drug-likeness (QED) is 0.645. The molecule has 4 rings (SSSR count). The minimum absolute atomic E-state index is 0.0819. The summed E-state index contributed by atoms with van der Waals surface area (Å²) in [6, 6.07) is 12.5. The first-order valence-corrected chi connectivity index (χ1v) is 10.6. The van der Waals surface area contributed by atoms with E-state index in [1.54, 1.807) is 31.5 Å². The van der Waals surface area contributed by atoms with Gasteiger partial charge in [0.2, 0.25) is 0 Å². The number of benzene rings is 1. The number of urea groups is 1. The van der Waals surface area contributed by atoms with Crippen molar-refractivity contribution < 1.29 is 14.3 Å². The number of nitrogens with zero attached hydrogens (tertiary/aromatic N) is 3. The molecule has 0 aliphatic carbocycles. The van der Waals surface area contributed by atoms with E-state index >= 15 is 0 Å². The largest absolute Gasteiger partial charge is 0.495 e. The number of anilines is 2. The maximum Gasteiger partial charge on any atom is 0.324 e. The van der Waals surface area contributed by atoms with Crippen LogP contribution in [0.15, 0.2) is 54.0 Å². The highest BCUT2D eigenvalue weighted by Crippen LogP contribution is 2.27. The molecule has 1 aliphatic heterocycles. The van der Waals surface area contributed by atoms with Crippen molar-refractivity contribution in [3.63, 3.8) is 0 Å². The molecule has 3 heterocycles. The van der Waals surface area contributed by atoms with Crippen LogP contribution in [0.4, 0.5) is 16.3 Å². The number of hydrogen-bond acceptors (Lipinski definition) is 5. The number of carbonyl (C=O) groups excluding carboxylic acids is 2. The van der Waals surface area contributed by atoms with Crippen LogP contribution < -0.4 is 15.4 Å². The van der Waals surface area contributed by atoms with Crippen molar-refractivity contribution in [2.75, 3.05) is 30.8 Å². The third-order valence-electron chi connectivity index (χ3n) is 5.10. The van der Waals surface area contributed by atoms with Crippen LogP contribution in [0.3, 0.4) is 0 Å². The number of carbonyl (C=O) groups is 2. The van der Waals surface area contributed by atoms with Gasteiger partial charge in [-0.25, -0.2) is 9.48 Å². The number of hydrogen-bond donors (Lipinski definition) is 2. The number of ether oxygens (including phenoxy) is 1. The molecule has 1 aromatic carbocycles. The molecule has 8 nitrogen and oxygen atoms in total. The van der Waals surface area contributed by atoms with Crippen LogP contribution >= 0.6 is 11.3 Å². The first-order chi connectivity index (χ1) is 14.7. The summed E-state index contributed by atoms with van der Waals surface area (Å²) in [4.78, 5) is 27.7. The summed E-state index contributed by atoms with van der Waals surface area (Å²) in [5, 5.41) is 12.0. The summed E-state index contributed by atoms with van der Waals surface area (Å²) in [5.41, 5.74) is 0.587. The number of methoxy groups -OCH3 is 1. The molecular weight excluding hydrogens is 402 g/mol. The van der Waals surface area contributed by atoms with Crippen molar-refractivity contribution >= 4 is 34.8 Å². The minimum Gasteiger partial charge on any atom is -0.495 e. The lowest BCUT2D eigenvalue weighted by molar-refractivity contribution is 0.0696. The van der Waals surface area contributed by atoms with Crippen molar-refractivity contribution in [2.45, 2.75) is 18.9 Å². The van der Waals surface area contributed by atoms with Gasteiger partial charge in [0.1, 0.15) is 11.6 Å². The molecule has 9 heteroatoms. The van der Waals surface area contributed by atoms with Gasteiger partial charge in [0, 0.05) is 19.2 Å². The van der Waals surface area contributed by atoms with E-state index in [1.807, 2.05) is 39.2 Å². The molecule has 0 atom stereocenters. The average Bonchev–Trinajstić information content (AvgIpc) is 3.46. The second kappa shape index (κ2) is 9.00. The van der Waals surface area contributed by atoms with Gasteiger partial charge in [0.15, 0.2) is 0 Å². The van der Waals surface area contributed by atoms with Gasteiger partial charge in [-0.15, -0.1) is 11.3 Å². The third-order valence-corrected chi connectivity index (χ3v) is 5.95. The van der Waals surface area contributed by atoms with E-state index in [1.165, 1.54) is 11.3 Å². The van der Waals surface area contributed by atoms with E-state index in [-0.39, 0.29) is 18.0 Å². The summed E-state index contributed by atoms with van der Waals surface area (Å²) in [5.74, 6) is 1.29. The molecule has 3 amide bonds. The first-order valence-electron chi connectivity index (χ1n) is 9.73. The Kier molecular flexibility index (Phi) is 5.99. The zero-order chi connectivity index (χ0) is 20.9. The minimum atomic E-state index is -0.369.